The summed E-state index contributed by atoms with van der Waals surface area (Å²) in [5.74, 6) is -0.525. The van der Waals surface area contributed by atoms with Gasteiger partial charge >= 0.3 is 0 Å². The van der Waals surface area contributed by atoms with E-state index < -0.39 is 16.6 Å². The van der Waals surface area contributed by atoms with Crippen LogP contribution >= 0.6 is 0 Å². The Balaban J connectivity index is 0.000000144. The van der Waals surface area contributed by atoms with Crippen LogP contribution < -0.4 is 53.2 Å². The van der Waals surface area contributed by atoms with Crippen molar-refractivity contribution < 1.29 is 28.8 Å². The number of nitrogens with two attached hydrogens (primary N) is 3. The molecular formula is C86H103N17O6. The maximum absolute atomic E-state index is 13.9. The first-order valence-electron chi connectivity index (χ1n) is 38.4. The first-order valence-corrected chi connectivity index (χ1v) is 38.4. The number of guanidine groups is 1. The fourth-order valence-corrected chi connectivity index (χ4v) is 16.9. The molecule has 23 heteroatoms. The summed E-state index contributed by atoms with van der Waals surface area (Å²) in [6.45, 7) is 11.4. The molecule has 9 aromatic rings. The molecule has 6 heterocycles. The normalized spacial score (nSPS) is 17.6. The van der Waals surface area contributed by atoms with Crippen molar-refractivity contribution in [3.05, 3.63) is 235 Å². The quantitative estimate of drug-likeness (QED) is 0.0174. The van der Waals surface area contributed by atoms with Crippen LogP contribution in [0, 0.1) is 5.41 Å². The van der Waals surface area contributed by atoms with Crippen LogP contribution in [0.2, 0.25) is 0 Å². The van der Waals surface area contributed by atoms with Gasteiger partial charge in [0, 0.05) is 109 Å². The number of amides is 6. The molecule has 0 bridgehead atoms. The molecule has 6 aliphatic heterocycles. The van der Waals surface area contributed by atoms with E-state index in [-0.39, 0.29) is 61.0 Å². The Morgan fingerprint density at radius 3 is 0.945 bits per heavy atom. The van der Waals surface area contributed by atoms with Crippen molar-refractivity contribution in [3.8, 4) is 0 Å². The van der Waals surface area contributed by atoms with Gasteiger partial charge in [0.15, 0.2) is 5.96 Å². The average molecular weight is 1470 g/mol. The summed E-state index contributed by atoms with van der Waals surface area (Å²) >= 11 is 0. The summed E-state index contributed by atoms with van der Waals surface area (Å²) < 4.78 is 0. The molecule has 0 aromatic heterocycles. The smallest absolute Gasteiger partial charge is 0.250 e. The van der Waals surface area contributed by atoms with E-state index in [2.05, 4.69) is 202 Å². The Bertz CT molecular complexity index is 4610. The van der Waals surface area contributed by atoms with Crippen molar-refractivity contribution in [2.75, 3.05) is 133 Å². The highest BCUT2D eigenvalue weighted by Crippen LogP contribution is 2.44. The molecule has 6 aliphatic rings. The third-order valence-electron chi connectivity index (χ3n) is 22.6. The molecule has 0 radical (unpaired) electrons. The van der Waals surface area contributed by atoms with Crippen LogP contribution in [-0.4, -0.2) is 206 Å². The highest BCUT2D eigenvalue weighted by Gasteiger charge is 2.57. The van der Waals surface area contributed by atoms with E-state index in [0.29, 0.717) is 72.1 Å². The molecule has 11 N–H and O–H groups in total. The number of para-hydroxylation sites is 3. The van der Waals surface area contributed by atoms with Crippen LogP contribution in [0.1, 0.15) is 61.6 Å². The molecule has 9 aromatic carbocycles. The molecule has 6 fully saturated rings. The molecule has 6 amide bonds. The number of likely N-dealkylation sites (tertiary alicyclic amines) is 3. The lowest BCUT2D eigenvalue weighted by Crippen LogP contribution is -2.56. The van der Waals surface area contributed by atoms with Gasteiger partial charge < -0.3 is 67.9 Å². The first-order chi connectivity index (χ1) is 53.2. The summed E-state index contributed by atoms with van der Waals surface area (Å²) in [5.41, 5.74) is 21.4. The van der Waals surface area contributed by atoms with Gasteiger partial charge in [-0.05, 0) is 137 Å². The van der Waals surface area contributed by atoms with E-state index in [1.165, 1.54) is 49.0 Å². The lowest BCUT2D eigenvalue weighted by molar-refractivity contribution is -0.137. The lowest BCUT2D eigenvalue weighted by atomic mass is 9.85. The lowest BCUT2D eigenvalue weighted by Gasteiger charge is -2.43. The predicted octanol–water partition coefficient (Wildman–Crippen LogP) is 7.58. The van der Waals surface area contributed by atoms with Crippen LogP contribution in [0.4, 0.5) is 17.1 Å². The zero-order chi connectivity index (χ0) is 75.7. The van der Waals surface area contributed by atoms with E-state index >= 15 is 0 Å². The van der Waals surface area contributed by atoms with Crippen molar-refractivity contribution in [1.82, 2.24) is 50.7 Å². The minimum atomic E-state index is -0.660. The second-order valence-electron chi connectivity index (χ2n) is 29.4. The Labute approximate surface area is 638 Å². The number of carbonyl (C=O) groups excluding carboxylic acids is 6. The van der Waals surface area contributed by atoms with Gasteiger partial charge in [-0.25, -0.2) is 0 Å². The topological polar surface area (TPSA) is 282 Å². The molecule has 0 unspecified atom stereocenters. The Hall–Kier alpha value is -11.0. The van der Waals surface area contributed by atoms with Crippen molar-refractivity contribution in [2.24, 2.45) is 17.2 Å². The molecule has 6 saturated heterocycles. The zero-order valence-electron chi connectivity index (χ0n) is 62.3. The van der Waals surface area contributed by atoms with Crippen LogP contribution in [0.5, 0.6) is 0 Å². The summed E-state index contributed by atoms with van der Waals surface area (Å²) in [6, 6.07) is 75.1. The minimum Gasteiger partial charge on any atom is -0.370 e. The molecule has 0 atom stereocenters. The fraction of sp³-hybridized carbons (Fsp3) is 0.360. The summed E-state index contributed by atoms with van der Waals surface area (Å²) in [5, 5.41) is 25.9. The molecule has 15 rings (SSSR count). The van der Waals surface area contributed by atoms with Crippen LogP contribution in [0.15, 0.2) is 218 Å². The largest absolute Gasteiger partial charge is 0.370 e. The molecule has 568 valence electrons. The number of fused-ring (bicyclic) bond motifs is 3. The van der Waals surface area contributed by atoms with Gasteiger partial charge in [0.05, 0.1) is 20.0 Å². The van der Waals surface area contributed by atoms with Crippen molar-refractivity contribution in [2.45, 2.75) is 81.2 Å². The van der Waals surface area contributed by atoms with E-state index in [1.807, 2.05) is 66.7 Å². The number of anilines is 3. The van der Waals surface area contributed by atoms with E-state index in [1.54, 1.807) is 14.7 Å². The second kappa shape index (κ2) is 35.4. The minimum absolute atomic E-state index is 0.00368. The standard InChI is InChI=1S/C29H35N7O2.C29H35N5O2.C28H33N5O2/c30-28(31)33-16-15-32-26(37)20-35-21-36(24-10-2-1-3-11-24)29(27(35)38)13-17-34(18-14-29)19-23-9-6-8-22-7-4-5-12-25(22)23;30-16-7-17-31-27(35)21-33-22-34(25-11-2-1-3-12-25)29(28(33)36)14-18-32(19-15-29)20-24-10-6-9-23-8-4-5-13-26(23)24;29-15-16-30-26(34)20-32-21-33(24-10-2-1-3-11-24)28(27(32)35)13-17-31(18-14-28)19-23-9-6-8-22-7-4-5-12-25(22)23/h1-12H,13-21H2,(H,32,37)(H4,30,31,33);1-6,8-13H,7,14-22,30H2,(H,31,35);1-12H,13-21,29H2,(H,30,34). The monoisotopic (exact) mass is 1470 g/mol. The van der Waals surface area contributed by atoms with E-state index in [4.69, 9.17) is 22.6 Å². The number of hydrogen-bond acceptors (Lipinski definition) is 15. The maximum atomic E-state index is 13.9. The van der Waals surface area contributed by atoms with Crippen molar-refractivity contribution in [1.29, 1.82) is 5.41 Å². The van der Waals surface area contributed by atoms with Gasteiger partial charge in [0.2, 0.25) is 35.4 Å². The van der Waals surface area contributed by atoms with E-state index in [9.17, 15) is 28.8 Å². The molecule has 3 spiro atoms. The number of hydrogen-bond donors (Lipinski definition) is 8. The fourth-order valence-electron chi connectivity index (χ4n) is 16.9. The highest BCUT2D eigenvalue weighted by atomic mass is 16.2. The highest BCUT2D eigenvalue weighted by molar-refractivity contribution is 5.99. The van der Waals surface area contributed by atoms with Gasteiger partial charge in [0.1, 0.15) is 36.3 Å². The van der Waals surface area contributed by atoms with Crippen molar-refractivity contribution >= 4 is 90.8 Å². The van der Waals surface area contributed by atoms with Gasteiger partial charge in [-0.3, -0.25) is 48.9 Å². The SMILES string of the molecule is N=C(N)NCCNC(=O)CN1CN(c2ccccc2)C2(CCN(Cc3cccc4ccccc34)CC2)C1=O.NCCCNC(=O)CN1CN(c2ccccc2)C2(CCN(Cc3cccc4ccccc34)CC2)C1=O.NCCNC(=O)CN1CN(c2ccccc2)C2(CCN(Cc3cccc4ccccc34)CC2)C1=O. The number of carbonyl (C=O) groups is 6. The number of nitrogens with one attached hydrogen (secondary N) is 5. The Morgan fingerprint density at radius 2 is 0.633 bits per heavy atom. The molecule has 109 heavy (non-hydrogen) atoms. The number of piperidine rings is 3. The summed E-state index contributed by atoms with van der Waals surface area (Å²) in [4.78, 5) is 98.1. The number of benzene rings is 9. The first kappa shape index (κ1) is 76.3. The molecule has 23 nitrogen and oxygen atoms in total. The van der Waals surface area contributed by atoms with Crippen LogP contribution in [0.3, 0.4) is 0 Å². The maximum Gasteiger partial charge on any atom is 0.250 e. The van der Waals surface area contributed by atoms with Gasteiger partial charge in [-0.1, -0.05) is 182 Å². The molecule has 0 saturated carbocycles. The Kier molecular flexibility index (Phi) is 24.8. The van der Waals surface area contributed by atoms with Gasteiger partial charge in [-0.15, -0.1) is 0 Å². The third-order valence-corrected chi connectivity index (χ3v) is 22.6. The van der Waals surface area contributed by atoms with Gasteiger partial charge in [-0.2, -0.15) is 0 Å². The Morgan fingerprint density at radius 1 is 0.349 bits per heavy atom. The molecule has 0 aliphatic carbocycles. The number of rotatable bonds is 23. The average Bonchev–Trinajstić information content (AvgIpc) is 1.61. The van der Waals surface area contributed by atoms with Gasteiger partial charge in [0.25, 0.3) is 0 Å². The molecular weight excluding hydrogens is 1370 g/mol. The van der Waals surface area contributed by atoms with E-state index in [0.717, 1.165) is 108 Å². The van der Waals surface area contributed by atoms with Crippen LogP contribution in [-0.2, 0) is 48.4 Å². The predicted molar refractivity (Wildman–Crippen MR) is 432 cm³/mol. The third kappa shape index (κ3) is 17.5. The second-order valence-corrected chi connectivity index (χ2v) is 29.4. The summed E-state index contributed by atoms with van der Waals surface area (Å²) in [6.07, 6.45) is 5.05. The number of nitrogens with zero attached hydrogens (tertiary/aromatic N) is 9. The van der Waals surface area contributed by atoms with Crippen LogP contribution in [0.25, 0.3) is 32.3 Å². The zero-order valence-corrected chi connectivity index (χ0v) is 62.3. The van der Waals surface area contributed by atoms with Crippen molar-refractivity contribution in [3.63, 3.8) is 0 Å². The summed E-state index contributed by atoms with van der Waals surface area (Å²) in [7, 11) is 0.